The molecule has 0 radical (unpaired) electrons. The summed E-state index contributed by atoms with van der Waals surface area (Å²) in [6.45, 7) is 3.64. The van der Waals surface area contributed by atoms with Gasteiger partial charge in [-0.2, -0.15) is 4.98 Å². The molecule has 3 aromatic rings. The molecule has 0 aliphatic heterocycles. The predicted octanol–water partition coefficient (Wildman–Crippen LogP) is 3.54. The van der Waals surface area contributed by atoms with Gasteiger partial charge >= 0.3 is 0 Å². The van der Waals surface area contributed by atoms with Crippen LogP contribution in [-0.2, 0) is 0 Å². The van der Waals surface area contributed by atoms with Crippen molar-refractivity contribution in [1.82, 2.24) is 9.97 Å². The number of carbonyl (C=O) groups excluding carboxylic acids is 1. The van der Waals surface area contributed by atoms with Gasteiger partial charge in [0.1, 0.15) is 11.6 Å². The van der Waals surface area contributed by atoms with E-state index in [2.05, 4.69) is 15.3 Å². The molecule has 6 nitrogen and oxygen atoms in total. The van der Waals surface area contributed by atoms with Gasteiger partial charge in [-0.3, -0.25) is 4.79 Å². The number of amides is 1. The summed E-state index contributed by atoms with van der Waals surface area (Å²) in [6, 6.07) is 3.41. The van der Waals surface area contributed by atoms with Gasteiger partial charge in [0.2, 0.25) is 5.71 Å². The summed E-state index contributed by atoms with van der Waals surface area (Å²) in [7, 11) is 0. The number of rotatable bonds is 4. The van der Waals surface area contributed by atoms with E-state index >= 15 is 0 Å². The number of furan rings is 1. The topological polar surface area (TPSA) is 94.0 Å². The fraction of sp³-hybridized carbons (Fsp3) is 0.278. The smallest absolute Gasteiger partial charge is 0.253 e. The van der Waals surface area contributed by atoms with E-state index in [0.29, 0.717) is 22.5 Å². The largest absolute Gasteiger partial charge is 0.442 e. The summed E-state index contributed by atoms with van der Waals surface area (Å²) < 4.78 is 32.4. The third kappa shape index (κ3) is 2.67. The zero-order chi connectivity index (χ0) is 18.6. The summed E-state index contributed by atoms with van der Waals surface area (Å²) in [5.41, 5.74) is 6.01. The van der Waals surface area contributed by atoms with Crippen molar-refractivity contribution in [3.63, 3.8) is 0 Å². The first-order chi connectivity index (χ1) is 12.3. The van der Waals surface area contributed by atoms with Gasteiger partial charge in [-0.25, -0.2) is 13.8 Å². The van der Waals surface area contributed by atoms with Crippen molar-refractivity contribution >= 4 is 22.8 Å². The summed E-state index contributed by atoms with van der Waals surface area (Å²) in [5, 5.41) is 3.69. The normalized spacial score (nSPS) is 15.2. The highest BCUT2D eigenvalue weighted by Crippen LogP contribution is 2.41. The average molecular weight is 358 g/mol. The average Bonchev–Trinajstić information content (AvgIpc) is 3.18. The monoisotopic (exact) mass is 358 g/mol. The lowest BCUT2D eigenvalue weighted by molar-refractivity contribution is 0.1000. The lowest BCUT2D eigenvalue weighted by atomic mass is 10.1. The van der Waals surface area contributed by atoms with Crippen molar-refractivity contribution in [2.45, 2.75) is 32.2 Å². The Morgan fingerprint density at radius 1 is 1.27 bits per heavy atom. The number of anilines is 1. The van der Waals surface area contributed by atoms with Gasteiger partial charge in [0.15, 0.2) is 17.5 Å². The van der Waals surface area contributed by atoms with Crippen LogP contribution in [0.1, 0.15) is 35.9 Å². The van der Waals surface area contributed by atoms with E-state index in [0.717, 1.165) is 25.0 Å². The first kappa shape index (κ1) is 16.4. The fourth-order valence-corrected chi connectivity index (χ4v) is 2.86. The third-order valence-corrected chi connectivity index (χ3v) is 4.57. The van der Waals surface area contributed by atoms with Gasteiger partial charge in [0.05, 0.1) is 10.9 Å². The molecular weight excluding hydrogens is 342 g/mol. The molecule has 0 bridgehead atoms. The molecule has 2 heterocycles. The van der Waals surface area contributed by atoms with E-state index in [4.69, 9.17) is 10.2 Å². The second kappa shape index (κ2) is 5.48. The molecule has 4 rings (SSSR count). The number of carbonyl (C=O) groups is 1. The second-order valence-corrected chi connectivity index (χ2v) is 6.79. The van der Waals surface area contributed by atoms with Crippen LogP contribution in [0.5, 0.6) is 0 Å². The lowest BCUT2D eigenvalue weighted by Gasteiger charge is -2.14. The summed E-state index contributed by atoms with van der Waals surface area (Å²) in [4.78, 5) is 20.6. The van der Waals surface area contributed by atoms with E-state index in [1.165, 1.54) is 6.07 Å². The van der Waals surface area contributed by atoms with E-state index < -0.39 is 17.5 Å². The molecule has 1 aromatic carbocycles. The van der Waals surface area contributed by atoms with Crippen molar-refractivity contribution in [3.05, 3.63) is 41.2 Å². The number of nitrogens with zero attached hydrogens (tertiary/aromatic N) is 2. The highest BCUT2D eigenvalue weighted by atomic mass is 19.2. The minimum Gasteiger partial charge on any atom is -0.442 e. The number of nitrogens with two attached hydrogens (primary N) is 1. The van der Waals surface area contributed by atoms with Crippen molar-refractivity contribution in [2.75, 3.05) is 5.32 Å². The Morgan fingerprint density at radius 3 is 2.62 bits per heavy atom. The number of primary amides is 1. The molecule has 26 heavy (non-hydrogen) atoms. The third-order valence-electron chi connectivity index (χ3n) is 4.57. The first-order valence-corrected chi connectivity index (χ1v) is 8.12. The van der Waals surface area contributed by atoms with Gasteiger partial charge < -0.3 is 15.5 Å². The Balaban J connectivity index is 1.95. The Kier molecular flexibility index (Phi) is 3.47. The molecule has 8 heteroatoms. The Bertz CT molecular complexity index is 1060. The molecule has 1 aliphatic rings. The highest BCUT2D eigenvalue weighted by Gasteiger charge is 2.38. The van der Waals surface area contributed by atoms with Crippen molar-refractivity contribution in [1.29, 1.82) is 0 Å². The predicted molar refractivity (Wildman–Crippen MR) is 91.7 cm³/mol. The van der Waals surface area contributed by atoms with E-state index in [9.17, 15) is 13.6 Å². The fourth-order valence-electron chi connectivity index (χ4n) is 2.86. The molecule has 0 unspecified atom stereocenters. The van der Waals surface area contributed by atoms with Crippen LogP contribution in [0.4, 0.5) is 14.6 Å². The van der Waals surface area contributed by atoms with Crippen LogP contribution >= 0.6 is 0 Å². The number of fused-ring (bicyclic) bond motifs is 1. The minimum atomic E-state index is -0.997. The Morgan fingerprint density at radius 2 is 2.00 bits per heavy atom. The molecule has 0 saturated heterocycles. The van der Waals surface area contributed by atoms with Gasteiger partial charge in [-0.15, -0.1) is 0 Å². The quantitative estimate of drug-likeness (QED) is 0.744. The van der Waals surface area contributed by atoms with Crippen molar-refractivity contribution in [3.8, 4) is 11.4 Å². The number of halogens is 2. The molecule has 3 N–H and O–H groups in total. The molecule has 0 spiro atoms. The lowest BCUT2D eigenvalue weighted by Crippen LogP contribution is -2.19. The number of aryl methyl sites for hydroxylation is 1. The van der Waals surface area contributed by atoms with Crippen LogP contribution in [0.2, 0.25) is 0 Å². The summed E-state index contributed by atoms with van der Waals surface area (Å²) in [5.74, 6) is -1.72. The zero-order valence-corrected chi connectivity index (χ0v) is 14.2. The summed E-state index contributed by atoms with van der Waals surface area (Å²) >= 11 is 0. The van der Waals surface area contributed by atoms with Crippen molar-refractivity contribution < 1.29 is 18.0 Å². The molecule has 1 amide bonds. The van der Waals surface area contributed by atoms with E-state index in [-0.39, 0.29) is 22.6 Å². The van der Waals surface area contributed by atoms with Crippen LogP contribution in [0.25, 0.3) is 22.5 Å². The molecular formula is C18H16F2N4O2. The van der Waals surface area contributed by atoms with Gasteiger partial charge in [0.25, 0.3) is 5.91 Å². The van der Waals surface area contributed by atoms with Crippen LogP contribution in [0, 0.1) is 18.6 Å². The van der Waals surface area contributed by atoms with Crippen LogP contribution < -0.4 is 11.1 Å². The number of benzene rings is 1. The Labute approximate surface area is 147 Å². The second-order valence-electron chi connectivity index (χ2n) is 6.79. The van der Waals surface area contributed by atoms with Crippen LogP contribution in [0.15, 0.2) is 22.6 Å². The van der Waals surface area contributed by atoms with Gasteiger partial charge in [-0.1, -0.05) is 0 Å². The molecule has 1 fully saturated rings. The molecule has 1 saturated carbocycles. The van der Waals surface area contributed by atoms with E-state index in [1.807, 2.05) is 6.92 Å². The highest BCUT2D eigenvalue weighted by molar-refractivity contribution is 6.09. The standard InChI is InChI=1S/C18H16F2N4O2/c1-8-12(14(21)25)13-16(24-18(2)5-6-18)22-15(23-17(13)26-8)9-3-4-10(19)11(20)7-9/h3-4,7H,5-6H2,1-2H3,(H2,21,25)(H,22,23,24). The Hall–Kier alpha value is -3.03. The van der Waals surface area contributed by atoms with Gasteiger partial charge in [0, 0.05) is 11.1 Å². The van der Waals surface area contributed by atoms with Crippen LogP contribution in [0.3, 0.4) is 0 Å². The maximum atomic E-state index is 13.6. The molecule has 2 aromatic heterocycles. The molecule has 134 valence electrons. The number of nitrogens with one attached hydrogen (secondary N) is 1. The first-order valence-electron chi connectivity index (χ1n) is 8.12. The van der Waals surface area contributed by atoms with Gasteiger partial charge in [-0.05, 0) is 44.9 Å². The number of hydrogen-bond donors (Lipinski definition) is 2. The summed E-state index contributed by atoms with van der Waals surface area (Å²) in [6.07, 6.45) is 1.89. The molecule has 0 atom stereocenters. The number of hydrogen-bond acceptors (Lipinski definition) is 5. The zero-order valence-electron chi connectivity index (χ0n) is 14.2. The van der Waals surface area contributed by atoms with Crippen LogP contribution in [-0.4, -0.2) is 21.4 Å². The van der Waals surface area contributed by atoms with E-state index in [1.54, 1.807) is 6.92 Å². The number of aromatic nitrogens is 2. The van der Waals surface area contributed by atoms with Crippen molar-refractivity contribution in [2.24, 2.45) is 5.73 Å². The maximum Gasteiger partial charge on any atom is 0.253 e. The SMILES string of the molecule is Cc1oc2nc(-c3ccc(F)c(F)c3)nc(NC3(C)CC3)c2c1C(N)=O. The maximum absolute atomic E-state index is 13.6. The minimum absolute atomic E-state index is 0.146. The molecule has 1 aliphatic carbocycles.